The van der Waals surface area contributed by atoms with Crippen LogP contribution in [0.5, 0.6) is 5.75 Å². The van der Waals surface area contributed by atoms with Crippen LogP contribution >= 0.6 is 0 Å². The smallest absolute Gasteiger partial charge is 0.256 e. The molecule has 7 nitrogen and oxygen atoms in total. The molecule has 182 valence electrons. The van der Waals surface area contributed by atoms with Crippen molar-refractivity contribution >= 4 is 11.8 Å². The first-order valence-electron chi connectivity index (χ1n) is 11.9. The Hall–Kier alpha value is -2.97. The molecule has 0 unspecified atom stereocenters. The van der Waals surface area contributed by atoms with Crippen molar-refractivity contribution in [3.63, 3.8) is 0 Å². The highest BCUT2D eigenvalue weighted by atomic mass is 19.1. The fourth-order valence-corrected chi connectivity index (χ4v) is 4.57. The number of likely N-dealkylation sites (N-methyl/N-ethyl adjacent to an activating group) is 1. The van der Waals surface area contributed by atoms with Crippen LogP contribution in [0, 0.1) is 5.82 Å². The molecule has 0 aliphatic carbocycles. The SMILES string of the molecule is CN(Cc1cccc(OCCN2CCN(C(=O)c3ccccc3F)CC2)c1)C[C@H]1CCC(=O)N1. The van der Waals surface area contributed by atoms with E-state index in [-0.39, 0.29) is 23.4 Å². The Morgan fingerprint density at radius 1 is 1.15 bits per heavy atom. The van der Waals surface area contributed by atoms with Crippen LogP contribution in [0.4, 0.5) is 4.39 Å². The molecule has 0 aromatic heterocycles. The average Bonchev–Trinajstić information content (AvgIpc) is 3.24. The molecule has 2 aliphatic rings. The van der Waals surface area contributed by atoms with Gasteiger partial charge in [0.1, 0.15) is 18.2 Å². The zero-order chi connectivity index (χ0) is 23.9. The van der Waals surface area contributed by atoms with Gasteiger partial charge in [-0.05, 0) is 43.3 Å². The molecule has 0 saturated carbocycles. The third-order valence-electron chi connectivity index (χ3n) is 6.41. The summed E-state index contributed by atoms with van der Waals surface area (Å²) in [6.45, 7) is 5.61. The first kappa shape index (κ1) is 24.2. The molecule has 8 heteroatoms. The molecule has 4 rings (SSSR count). The first-order valence-corrected chi connectivity index (χ1v) is 11.9. The quantitative estimate of drug-likeness (QED) is 0.612. The Bertz CT molecular complexity index is 994. The third kappa shape index (κ3) is 6.55. The lowest BCUT2D eigenvalue weighted by Gasteiger charge is -2.34. The van der Waals surface area contributed by atoms with Crippen molar-refractivity contribution in [1.29, 1.82) is 0 Å². The van der Waals surface area contributed by atoms with Gasteiger partial charge >= 0.3 is 0 Å². The van der Waals surface area contributed by atoms with Crippen LogP contribution in [-0.2, 0) is 11.3 Å². The first-order chi connectivity index (χ1) is 16.5. The minimum atomic E-state index is -0.470. The molecule has 34 heavy (non-hydrogen) atoms. The van der Waals surface area contributed by atoms with E-state index in [1.54, 1.807) is 17.0 Å². The number of hydrogen-bond acceptors (Lipinski definition) is 5. The largest absolute Gasteiger partial charge is 0.492 e. The molecule has 2 fully saturated rings. The fraction of sp³-hybridized carbons (Fsp3) is 0.462. The summed E-state index contributed by atoms with van der Waals surface area (Å²) < 4.78 is 19.9. The summed E-state index contributed by atoms with van der Waals surface area (Å²) in [5, 5.41) is 3.01. The number of carbonyl (C=O) groups excluding carboxylic acids is 2. The summed E-state index contributed by atoms with van der Waals surface area (Å²) >= 11 is 0. The molecule has 0 spiro atoms. The summed E-state index contributed by atoms with van der Waals surface area (Å²) in [5.41, 5.74) is 1.31. The van der Waals surface area contributed by atoms with Crippen molar-refractivity contribution < 1.29 is 18.7 Å². The Morgan fingerprint density at radius 3 is 2.68 bits per heavy atom. The minimum Gasteiger partial charge on any atom is -0.492 e. The zero-order valence-electron chi connectivity index (χ0n) is 19.7. The Labute approximate surface area is 200 Å². The van der Waals surface area contributed by atoms with Gasteiger partial charge in [0.25, 0.3) is 5.91 Å². The Morgan fingerprint density at radius 2 is 1.94 bits per heavy atom. The average molecular weight is 469 g/mol. The summed E-state index contributed by atoms with van der Waals surface area (Å²) in [4.78, 5) is 30.2. The van der Waals surface area contributed by atoms with Crippen molar-refractivity contribution in [2.24, 2.45) is 0 Å². The summed E-state index contributed by atoms with van der Waals surface area (Å²) in [7, 11) is 2.06. The van der Waals surface area contributed by atoms with Crippen LogP contribution in [0.1, 0.15) is 28.8 Å². The van der Waals surface area contributed by atoms with Gasteiger partial charge in [-0.3, -0.25) is 14.5 Å². The van der Waals surface area contributed by atoms with E-state index < -0.39 is 5.82 Å². The summed E-state index contributed by atoms with van der Waals surface area (Å²) in [5.74, 6) is 0.272. The standard InChI is InChI=1S/C26H33FN4O3/c1-29(19-21-9-10-25(32)28-21)18-20-5-4-6-22(17-20)34-16-15-30-11-13-31(14-12-30)26(33)23-7-2-3-8-24(23)27/h2-8,17,21H,9-16,18-19H2,1H3,(H,28,32)/t21-/m1/s1. The van der Waals surface area contributed by atoms with Gasteiger partial charge in [-0.2, -0.15) is 0 Å². The predicted molar refractivity (Wildman–Crippen MR) is 128 cm³/mol. The lowest BCUT2D eigenvalue weighted by molar-refractivity contribution is -0.119. The van der Waals surface area contributed by atoms with Crippen LogP contribution in [0.3, 0.4) is 0 Å². The van der Waals surface area contributed by atoms with Gasteiger partial charge in [-0.1, -0.05) is 24.3 Å². The monoisotopic (exact) mass is 468 g/mol. The van der Waals surface area contributed by atoms with Gasteiger partial charge in [0, 0.05) is 58.3 Å². The highest BCUT2D eigenvalue weighted by molar-refractivity contribution is 5.94. The zero-order valence-corrected chi connectivity index (χ0v) is 19.7. The highest BCUT2D eigenvalue weighted by Gasteiger charge is 2.24. The molecule has 0 radical (unpaired) electrons. The van der Waals surface area contributed by atoms with Gasteiger partial charge < -0.3 is 19.9 Å². The maximum Gasteiger partial charge on any atom is 0.256 e. The van der Waals surface area contributed by atoms with Crippen LogP contribution in [0.25, 0.3) is 0 Å². The topological polar surface area (TPSA) is 65.1 Å². The van der Waals surface area contributed by atoms with E-state index in [0.717, 1.165) is 44.9 Å². The van der Waals surface area contributed by atoms with E-state index in [9.17, 15) is 14.0 Å². The Kier molecular flexibility index (Phi) is 8.13. The molecule has 2 aromatic carbocycles. The maximum atomic E-state index is 13.9. The number of halogens is 1. The molecule has 2 aliphatic heterocycles. The molecular weight excluding hydrogens is 435 g/mol. The number of nitrogens with zero attached hydrogens (tertiary/aromatic N) is 3. The van der Waals surface area contributed by atoms with E-state index in [1.165, 1.54) is 17.7 Å². The molecule has 0 bridgehead atoms. The number of piperazine rings is 1. The van der Waals surface area contributed by atoms with E-state index in [0.29, 0.717) is 26.1 Å². The number of hydrogen-bond donors (Lipinski definition) is 1. The maximum absolute atomic E-state index is 13.9. The minimum absolute atomic E-state index is 0.137. The van der Waals surface area contributed by atoms with Crippen molar-refractivity contribution in [1.82, 2.24) is 20.0 Å². The Balaban J connectivity index is 1.18. The second-order valence-corrected chi connectivity index (χ2v) is 9.11. The normalized spacial score (nSPS) is 18.9. The van der Waals surface area contributed by atoms with Gasteiger partial charge in [0.05, 0.1) is 5.56 Å². The third-order valence-corrected chi connectivity index (χ3v) is 6.41. The van der Waals surface area contributed by atoms with Crippen LogP contribution in [0.15, 0.2) is 48.5 Å². The van der Waals surface area contributed by atoms with E-state index in [4.69, 9.17) is 4.74 Å². The van der Waals surface area contributed by atoms with Crippen molar-refractivity contribution in [2.75, 3.05) is 52.9 Å². The lowest BCUT2D eigenvalue weighted by atomic mass is 10.1. The van der Waals surface area contributed by atoms with Gasteiger partial charge in [-0.25, -0.2) is 4.39 Å². The fourth-order valence-electron chi connectivity index (χ4n) is 4.57. The predicted octanol–water partition coefficient (Wildman–Crippen LogP) is 2.37. The highest BCUT2D eigenvalue weighted by Crippen LogP contribution is 2.17. The van der Waals surface area contributed by atoms with E-state index in [1.807, 2.05) is 12.1 Å². The van der Waals surface area contributed by atoms with Crippen LogP contribution < -0.4 is 10.1 Å². The summed E-state index contributed by atoms with van der Waals surface area (Å²) in [6.07, 6.45) is 1.52. The molecular formula is C26H33FN4O3. The second kappa shape index (κ2) is 11.4. The lowest BCUT2D eigenvalue weighted by Crippen LogP contribution is -2.49. The van der Waals surface area contributed by atoms with Gasteiger partial charge in [0.2, 0.25) is 5.91 Å². The molecule has 2 aromatic rings. The number of nitrogens with one attached hydrogen (secondary N) is 1. The number of ether oxygens (including phenoxy) is 1. The number of amides is 2. The number of rotatable bonds is 9. The molecule has 1 atom stereocenters. The molecule has 2 amide bonds. The molecule has 2 saturated heterocycles. The number of benzene rings is 2. The van der Waals surface area contributed by atoms with E-state index >= 15 is 0 Å². The molecule has 1 N–H and O–H groups in total. The van der Waals surface area contributed by atoms with E-state index in [2.05, 4.69) is 34.3 Å². The van der Waals surface area contributed by atoms with Crippen molar-refractivity contribution in [3.8, 4) is 5.75 Å². The van der Waals surface area contributed by atoms with Crippen molar-refractivity contribution in [3.05, 3.63) is 65.5 Å². The van der Waals surface area contributed by atoms with Crippen molar-refractivity contribution in [2.45, 2.75) is 25.4 Å². The molecule has 2 heterocycles. The summed E-state index contributed by atoms with van der Waals surface area (Å²) in [6, 6.07) is 14.5. The number of carbonyl (C=O) groups is 2. The van der Waals surface area contributed by atoms with Crippen LogP contribution in [-0.4, -0.2) is 85.5 Å². The second-order valence-electron chi connectivity index (χ2n) is 9.11. The van der Waals surface area contributed by atoms with Crippen LogP contribution in [0.2, 0.25) is 0 Å². The van der Waals surface area contributed by atoms with Gasteiger partial charge in [0.15, 0.2) is 0 Å². The van der Waals surface area contributed by atoms with Gasteiger partial charge in [-0.15, -0.1) is 0 Å².